The molecule has 1 aliphatic rings. The molecule has 3 heteroatoms. The maximum absolute atomic E-state index is 4.02. The SMILES string of the molecule is CCN1C=NN(C)C1. The molecule has 0 radical (unpaired) electrons. The van der Waals surface area contributed by atoms with Gasteiger partial charge in [0.15, 0.2) is 0 Å². The molecule has 3 nitrogen and oxygen atoms in total. The van der Waals surface area contributed by atoms with Crippen LogP contribution in [0.2, 0.25) is 0 Å². The van der Waals surface area contributed by atoms with Gasteiger partial charge in [-0.25, -0.2) is 0 Å². The lowest BCUT2D eigenvalue weighted by atomic mass is 10.7. The highest BCUT2D eigenvalue weighted by molar-refractivity contribution is 5.55. The molecule has 1 rings (SSSR count). The molecule has 0 aromatic carbocycles. The van der Waals surface area contributed by atoms with Crippen molar-refractivity contribution in [2.75, 3.05) is 20.3 Å². The van der Waals surface area contributed by atoms with E-state index in [0.717, 1.165) is 13.2 Å². The van der Waals surface area contributed by atoms with Gasteiger partial charge in [-0.05, 0) is 6.92 Å². The first-order valence-electron chi connectivity index (χ1n) is 2.82. The Morgan fingerprint density at radius 1 is 1.75 bits per heavy atom. The Balaban J connectivity index is 2.34. The second kappa shape index (κ2) is 2.03. The highest BCUT2D eigenvalue weighted by Crippen LogP contribution is 1.95. The fourth-order valence-corrected chi connectivity index (χ4v) is 0.679. The predicted molar refractivity (Wildman–Crippen MR) is 33.5 cm³/mol. The molecule has 0 aromatic rings. The molecular weight excluding hydrogens is 102 g/mol. The third-order valence-electron chi connectivity index (χ3n) is 1.20. The minimum atomic E-state index is 0.941. The second-order valence-corrected chi connectivity index (χ2v) is 1.93. The van der Waals surface area contributed by atoms with Crippen molar-refractivity contribution in [3.05, 3.63) is 0 Å². The number of hydrazone groups is 1. The van der Waals surface area contributed by atoms with E-state index in [4.69, 9.17) is 0 Å². The first-order chi connectivity index (χ1) is 3.83. The van der Waals surface area contributed by atoms with Crippen molar-refractivity contribution >= 4 is 6.34 Å². The summed E-state index contributed by atoms with van der Waals surface area (Å²) in [6, 6.07) is 0. The average Bonchev–Trinajstić information content (AvgIpc) is 2.14. The summed E-state index contributed by atoms with van der Waals surface area (Å²) in [5.41, 5.74) is 0. The molecule has 0 unspecified atom stereocenters. The molecular formula is C5H11N3. The minimum Gasteiger partial charge on any atom is -0.342 e. The van der Waals surface area contributed by atoms with Gasteiger partial charge < -0.3 is 4.90 Å². The van der Waals surface area contributed by atoms with Crippen LogP contribution in [0.3, 0.4) is 0 Å². The molecule has 0 N–H and O–H groups in total. The Kier molecular flexibility index (Phi) is 1.37. The summed E-state index contributed by atoms with van der Waals surface area (Å²) >= 11 is 0. The van der Waals surface area contributed by atoms with E-state index >= 15 is 0 Å². The average molecular weight is 113 g/mol. The Hall–Kier alpha value is -0.730. The summed E-state index contributed by atoms with van der Waals surface area (Å²) in [6.07, 6.45) is 1.86. The smallest absolute Gasteiger partial charge is 0.113 e. The fourth-order valence-electron chi connectivity index (χ4n) is 0.679. The first kappa shape index (κ1) is 5.41. The van der Waals surface area contributed by atoms with E-state index in [1.54, 1.807) is 0 Å². The molecule has 0 atom stereocenters. The molecule has 0 saturated heterocycles. The van der Waals surface area contributed by atoms with Crippen LogP contribution in [-0.4, -0.2) is 36.5 Å². The zero-order valence-corrected chi connectivity index (χ0v) is 5.33. The fraction of sp³-hybridized carbons (Fsp3) is 0.800. The molecule has 1 heterocycles. The predicted octanol–water partition coefficient (Wildman–Crippen LogP) is 0.155. The molecule has 0 fully saturated rings. The standard InChI is InChI=1S/C5H11N3/c1-3-8-4-6-7(2)5-8/h4H,3,5H2,1-2H3. The van der Waals surface area contributed by atoms with Gasteiger partial charge in [-0.1, -0.05) is 0 Å². The quantitative estimate of drug-likeness (QED) is 0.482. The van der Waals surface area contributed by atoms with E-state index in [0.29, 0.717) is 0 Å². The lowest BCUT2D eigenvalue weighted by molar-refractivity contribution is 0.285. The van der Waals surface area contributed by atoms with Crippen LogP contribution in [0, 0.1) is 0 Å². The maximum atomic E-state index is 4.02. The van der Waals surface area contributed by atoms with Gasteiger partial charge in [-0.3, -0.25) is 5.01 Å². The van der Waals surface area contributed by atoms with Crippen molar-refractivity contribution < 1.29 is 0 Å². The monoisotopic (exact) mass is 113 g/mol. The number of hydrogen-bond donors (Lipinski definition) is 0. The second-order valence-electron chi connectivity index (χ2n) is 1.93. The third kappa shape index (κ3) is 0.911. The Labute approximate surface area is 49.6 Å². The minimum absolute atomic E-state index is 0.941. The highest BCUT2D eigenvalue weighted by Gasteiger charge is 2.04. The lowest BCUT2D eigenvalue weighted by Gasteiger charge is -2.11. The van der Waals surface area contributed by atoms with Crippen molar-refractivity contribution in [1.29, 1.82) is 0 Å². The van der Waals surface area contributed by atoms with Crippen molar-refractivity contribution in [3.8, 4) is 0 Å². The number of rotatable bonds is 1. The van der Waals surface area contributed by atoms with Crippen LogP contribution >= 0.6 is 0 Å². The van der Waals surface area contributed by atoms with Crippen molar-refractivity contribution in [3.63, 3.8) is 0 Å². The summed E-state index contributed by atoms with van der Waals surface area (Å²) in [5, 5.41) is 5.93. The van der Waals surface area contributed by atoms with Crippen molar-refractivity contribution in [2.45, 2.75) is 6.92 Å². The van der Waals surface area contributed by atoms with E-state index in [9.17, 15) is 0 Å². The van der Waals surface area contributed by atoms with Gasteiger partial charge in [0.25, 0.3) is 0 Å². The van der Waals surface area contributed by atoms with E-state index in [-0.39, 0.29) is 0 Å². The van der Waals surface area contributed by atoms with E-state index in [1.165, 1.54) is 0 Å². The van der Waals surface area contributed by atoms with Gasteiger partial charge in [0, 0.05) is 13.6 Å². The van der Waals surface area contributed by atoms with Gasteiger partial charge in [-0.2, -0.15) is 5.10 Å². The molecule has 0 bridgehead atoms. The van der Waals surface area contributed by atoms with Crippen molar-refractivity contribution in [1.82, 2.24) is 9.91 Å². The van der Waals surface area contributed by atoms with Gasteiger partial charge in [0.2, 0.25) is 0 Å². The molecule has 0 aromatic heterocycles. The van der Waals surface area contributed by atoms with Gasteiger partial charge in [0.1, 0.15) is 13.0 Å². The Morgan fingerprint density at radius 3 is 2.75 bits per heavy atom. The van der Waals surface area contributed by atoms with Crippen LogP contribution in [0.1, 0.15) is 6.92 Å². The zero-order chi connectivity index (χ0) is 5.98. The Bertz CT molecular complexity index is 99.8. The van der Waals surface area contributed by atoms with Crippen LogP contribution < -0.4 is 0 Å². The molecule has 46 valence electrons. The largest absolute Gasteiger partial charge is 0.342 e. The molecule has 0 amide bonds. The van der Waals surface area contributed by atoms with Gasteiger partial charge in [-0.15, -0.1) is 0 Å². The zero-order valence-electron chi connectivity index (χ0n) is 5.33. The van der Waals surface area contributed by atoms with Gasteiger partial charge in [0.05, 0.1) is 0 Å². The summed E-state index contributed by atoms with van der Waals surface area (Å²) in [6.45, 7) is 4.11. The van der Waals surface area contributed by atoms with Crippen LogP contribution in [0.4, 0.5) is 0 Å². The van der Waals surface area contributed by atoms with Crippen LogP contribution in [0.25, 0.3) is 0 Å². The number of nitrogens with zero attached hydrogens (tertiary/aromatic N) is 3. The van der Waals surface area contributed by atoms with E-state index in [2.05, 4.69) is 16.9 Å². The van der Waals surface area contributed by atoms with E-state index in [1.807, 2.05) is 18.4 Å². The number of hydrogen-bond acceptors (Lipinski definition) is 3. The van der Waals surface area contributed by atoms with Crippen LogP contribution in [-0.2, 0) is 0 Å². The Morgan fingerprint density at radius 2 is 2.50 bits per heavy atom. The van der Waals surface area contributed by atoms with E-state index < -0.39 is 0 Å². The van der Waals surface area contributed by atoms with Crippen LogP contribution in [0.5, 0.6) is 0 Å². The molecule has 0 saturated carbocycles. The third-order valence-corrected chi connectivity index (χ3v) is 1.20. The normalized spacial score (nSPS) is 18.2. The first-order valence-corrected chi connectivity index (χ1v) is 2.82. The van der Waals surface area contributed by atoms with Crippen LogP contribution in [0.15, 0.2) is 5.10 Å². The molecule has 0 aliphatic carbocycles. The molecule has 1 aliphatic heterocycles. The van der Waals surface area contributed by atoms with Gasteiger partial charge >= 0.3 is 0 Å². The van der Waals surface area contributed by atoms with Crippen molar-refractivity contribution in [2.24, 2.45) is 5.10 Å². The highest BCUT2D eigenvalue weighted by atomic mass is 15.6. The lowest BCUT2D eigenvalue weighted by Crippen LogP contribution is -2.23. The molecule has 8 heavy (non-hydrogen) atoms. The topological polar surface area (TPSA) is 18.8 Å². The summed E-state index contributed by atoms with van der Waals surface area (Å²) < 4.78 is 0. The summed E-state index contributed by atoms with van der Waals surface area (Å²) in [5.74, 6) is 0. The maximum Gasteiger partial charge on any atom is 0.113 e. The summed E-state index contributed by atoms with van der Waals surface area (Å²) in [7, 11) is 1.96. The molecule has 0 spiro atoms. The summed E-state index contributed by atoms with van der Waals surface area (Å²) in [4.78, 5) is 2.14.